The Hall–Kier alpha value is -3.21. The summed E-state index contributed by atoms with van der Waals surface area (Å²) in [4.78, 5) is 24.6. The second-order valence-electron chi connectivity index (χ2n) is 6.96. The molecule has 1 fully saturated rings. The summed E-state index contributed by atoms with van der Waals surface area (Å²) in [6.45, 7) is 2.15. The van der Waals surface area contributed by atoms with Crippen molar-refractivity contribution in [2.45, 2.75) is 45.1 Å². The van der Waals surface area contributed by atoms with Crippen LogP contribution < -0.4 is 10.6 Å². The number of ether oxygens (including phenoxy) is 1. The Balaban J connectivity index is 1.81. The van der Waals surface area contributed by atoms with Crippen LogP contribution in [-0.2, 0) is 4.74 Å². The van der Waals surface area contributed by atoms with Gasteiger partial charge < -0.3 is 15.4 Å². The molecular formula is C20H24N6O2. The van der Waals surface area contributed by atoms with Crippen LogP contribution in [0.25, 0.3) is 0 Å². The Bertz CT molecular complexity index is 856. The van der Waals surface area contributed by atoms with Gasteiger partial charge in [0.05, 0.1) is 25.2 Å². The molecule has 2 aromatic heterocycles. The number of carbonyl (C=O) groups excluding carboxylic acids is 1. The quantitative estimate of drug-likeness (QED) is 0.730. The number of hydrogen-bond donors (Lipinski definition) is 2. The molecule has 8 nitrogen and oxygen atoms in total. The highest BCUT2D eigenvalue weighted by Crippen LogP contribution is 2.30. The second-order valence-corrected chi connectivity index (χ2v) is 6.96. The van der Waals surface area contributed by atoms with E-state index < -0.39 is 5.97 Å². The van der Waals surface area contributed by atoms with Crippen LogP contribution in [0.1, 0.15) is 55.1 Å². The van der Waals surface area contributed by atoms with Gasteiger partial charge in [-0.05, 0) is 25.7 Å². The molecule has 0 bridgehead atoms. The predicted octanol–water partition coefficient (Wildman–Crippen LogP) is 3.65. The molecule has 8 heteroatoms. The van der Waals surface area contributed by atoms with Crippen LogP contribution in [0.5, 0.6) is 0 Å². The van der Waals surface area contributed by atoms with E-state index in [1.165, 1.54) is 57.8 Å². The standard InChI is InChI=1S/C20H24N6O2/c1-13(14-6-4-3-5-7-14)25-17-8-18(24-11-16(17)20(27)28-2)26-19-12-22-15(9-21)10-23-19/h8,10-14H,3-7H2,1-2H3,(H2,23,24,25,26). The number of esters is 1. The first-order chi connectivity index (χ1) is 13.6. The van der Waals surface area contributed by atoms with Crippen molar-refractivity contribution in [1.82, 2.24) is 15.0 Å². The third-order valence-corrected chi connectivity index (χ3v) is 5.07. The van der Waals surface area contributed by atoms with Gasteiger partial charge in [-0.1, -0.05) is 19.3 Å². The lowest BCUT2D eigenvalue weighted by atomic mass is 9.84. The first kappa shape index (κ1) is 19.5. The zero-order chi connectivity index (χ0) is 19.9. The van der Waals surface area contributed by atoms with Crippen molar-refractivity contribution < 1.29 is 9.53 Å². The third kappa shape index (κ3) is 4.74. The number of methoxy groups -OCH3 is 1. The molecule has 0 saturated heterocycles. The maximum atomic E-state index is 12.2. The molecular weight excluding hydrogens is 356 g/mol. The molecule has 0 radical (unpaired) electrons. The number of hydrogen-bond acceptors (Lipinski definition) is 8. The Morgan fingerprint density at radius 3 is 2.57 bits per heavy atom. The number of anilines is 3. The van der Waals surface area contributed by atoms with Crippen molar-refractivity contribution in [2.75, 3.05) is 17.7 Å². The van der Waals surface area contributed by atoms with E-state index in [2.05, 4.69) is 32.5 Å². The van der Waals surface area contributed by atoms with Crippen molar-refractivity contribution in [3.05, 3.63) is 35.9 Å². The van der Waals surface area contributed by atoms with E-state index in [0.29, 0.717) is 28.8 Å². The zero-order valence-electron chi connectivity index (χ0n) is 16.1. The average Bonchev–Trinajstić information content (AvgIpc) is 2.74. The fourth-order valence-corrected chi connectivity index (χ4v) is 3.49. The first-order valence-corrected chi connectivity index (χ1v) is 9.44. The van der Waals surface area contributed by atoms with Gasteiger partial charge in [-0.25, -0.2) is 19.7 Å². The molecule has 1 aliphatic carbocycles. The summed E-state index contributed by atoms with van der Waals surface area (Å²) in [5.41, 5.74) is 1.30. The van der Waals surface area contributed by atoms with E-state index in [9.17, 15) is 4.79 Å². The van der Waals surface area contributed by atoms with E-state index in [0.717, 1.165) is 0 Å². The minimum Gasteiger partial charge on any atom is -0.465 e. The van der Waals surface area contributed by atoms with Gasteiger partial charge in [-0.15, -0.1) is 0 Å². The van der Waals surface area contributed by atoms with Crippen LogP contribution in [0.4, 0.5) is 17.3 Å². The van der Waals surface area contributed by atoms with Gasteiger partial charge in [0, 0.05) is 18.3 Å². The van der Waals surface area contributed by atoms with Crippen LogP contribution >= 0.6 is 0 Å². The molecule has 1 saturated carbocycles. The lowest BCUT2D eigenvalue weighted by molar-refractivity contribution is 0.0601. The van der Waals surface area contributed by atoms with E-state index in [1.807, 2.05) is 6.07 Å². The number of rotatable bonds is 6. The number of nitrogens with one attached hydrogen (secondary N) is 2. The first-order valence-electron chi connectivity index (χ1n) is 9.44. The Morgan fingerprint density at radius 1 is 1.18 bits per heavy atom. The van der Waals surface area contributed by atoms with Crippen molar-refractivity contribution >= 4 is 23.3 Å². The predicted molar refractivity (Wildman–Crippen MR) is 105 cm³/mol. The lowest BCUT2D eigenvalue weighted by Gasteiger charge is -2.29. The van der Waals surface area contributed by atoms with Crippen molar-refractivity contribution in [1.29, 1.82) is 5.26 Å². The summed E-state index contributed by atoms with van der Waals surface area (Å²) < 4.78 is 4.90. The zero-order valence-corrected chi connectivity index (χ0v) is 16.1. The molecule has 0 aromatic carbocycles. The molecule has 1 atom stereocenters. The van der Waals surface area contributed by atoms with E-state index in [-0.39, 0.29) is 11.7 Å². The van der Waals surface area contributed by atoms with Gasteiger partial charge in [0.1, 0.15) is 23.3 Å². The molecule has 1 aliphatic rings. The smallest absolute Gasteiger partial charge is 0.341 e. The number of pyridine rings is 1. The molecule has 146 valence electrons. The summed E-state index contributed by atoms with van der Waals surface area (Å²) >= 11 is 0. The van der Waals surface area contributed by atoms with Crippen molar-refractivity contribution in [3.8, 4) is 6.07 Å². The van der Waals surface area contributed by atoms with Crippen molar-refractivity contribution in [2.24, 2.45) is 5.92 Å². The molecule has 1 unspecified atom stereocenters. The second kappa shape index (κ2) is 9.13. The molecule has 3 rings (SSSR count). The normalized spacial score (nSPS) is 15.3. The molecule has 2 aromatic rings. The maximum Gasteiger partial charge on any atom is 0.341 e. The summed E-state index contributed by atoms with van der Waals surface area (Å²) in [6.07, 6.45) is 10.5. The highest BCUT2D eigenvalue weighted by Gasteiger charge is 2.22. The number of aromatic nitrogens is 3. The Labute approximate surface area is 164 Å². The average molecular weight is 380 g/mol. The summed E-state index contributed by atoms with van der Waals surface area (Å²) in [7, 11) is 1.36. The number of nitriles is 1. The number of carbonyl (C=O) groups is 1. The molecule has 2 N–H and O–H groups in total. The third-order valence-electron chi connectivity index (χ3n) is 5.07. The van der Waals surface area contributed by atoms with Gasteiger partial charge in [0.15, 0.2) is 5.69 Å². The van der Waals surface area contributed by atoms with Crippen LogP contribution in [-0.4, -0.2) is 34.1 Å². The van der Waals surface area contributed by atoms with Crippen LogP contribution in [0.2, 0.25) is 0 Å². The minimum atomic E-state index is -0.435. The SMILES string of the molecule is COC(=O)c1cnc(Nc2cnc(C#N)cn2)cc1NC(C)C1CCCCC1. The van der Waals surface area contributed by atoms with E-state index in [1.54, 1.807) is 6.07 Å². The van der Waals surface area contributed by atoms with Crippen LogP contribution in [0.15, 0.2) is 24.7 Å². The summed E-state index contributed by atoms with van der Waals surface area (Å²) in [5, 5.41) is 15.3. The highest BCUT2D eigenvalue weighted by atomic mass is 16.5. The Morgan fingerprint density at radius 2 is 1.93 bits per heavy atom. The topological polar surface area (TPSA) is 113 Å². The largest absolute Gasteiger partial charge is 0.465 e. The fraction of sp³-hybridized carbons (Fsp3) is 0.450. The molecule has 28 heavy (non-hydrogen) atoms. The van der Waals surface area contributed by atoms with E-state index in [4.69, 9.17) is 10.00 Å². The molecule has 0 amide bonds. The van der Waals surface area contributed by atoms with Gasteiger partial charge in [-0.2, -0.15) is 5.26 Å². The minimum absolute atomic E-state index is 0.230. The molecule has 0 spiro atoms. The highest BCUT2D eigenvalue weighted by molar-refractivity contribution is 5.95. The van der Waals surface area contributed by atoms with Crippen molar-refractivity contribution in [3.63, 3.8) is 0 Å². The fourth-order valence-electron chi connectivity index (χ4n) is 3.49. The lowest BCUT2D eigenvalue weighted by Crippen LogP contribution is -2.28. The van der Waals surface area contributed by atoms with Gasteiger partial charge in [0.25, 0.3) is 0 Å². The van der Waals surface area contributed by atoms with Gasteiger partial charge in [-0.3, -0.25) is 0 Å². The maximum absolute atomic E-state index is 12.2. The molecule has 0 aliphatic heterocycles. The van der Waals surface area contributed by atoms with Crippen LogP contribution in [0.3, 0.4) is 0 Å². The van der Waals surface area contributed by atoms with E-state index >= 15 is 0 Å². The van der Waals surface area contributed by atoms with Gasteiger partial charge >= 0.3 is 5.97 Å². The molecule has 2 heterocycles. The monoisotopic (exact) mass is 380 g/mol. The van der Waals surface area contributed by atoms with Crippen LogP contribution in [0, 0.1) is 17.2 Å². The number of nitrogens with zero attached hydrogens (tertiary/aromatic N) is 4. The summed E-state index contributed by atoms with van der Waals surface area (Å²) in [5.74, 6) is 1.12. The Kier molecular flexibility index (Phi) is 6.37. The van der Waals surface area contributed by atoms with Gasteiger partial charge in [0.2, 0.25) is 0 Å². The summed E-state index contributed by atoms with van der Waals surface area (Å²) in [6, 6.07) is 3.93.